The highest BCUT2D eigenvalue weighted by Gasteiger charge is 2.11. The molecule has 7 nitrogen and oxygen atoms in total. The second-order valence-corrected chi connectivity index (χ2v) is 5.24. The molecule has 0 aliphatic heterocycles. The maximum atomic E-state index is 10.9. The van der Waals surface area contributed by atoms with Gasteiger partial charge in [0.25, 0.3) is 0 Å². The summed E-state index contributed by atoms with van der Waals surface area (Å²) in [5, 5.41) is 19.7. The summed E-state index contributed by atoms with van der Waals surface area (Å²) in [6, 6.07) is 13.1. The Morgan fingerprint density at radius 3 is 2.00 bits per heavy atom. The number of carbonyl (C=O) groups is 2. The van der Waals surface area contributed by atoms with Crippen molar-refractivity contribution in [2.45, 2.75) is 19.4 Å². The number of anilines is 1. The Morgan fingerprint density at radius 2 is 1.54 bits per heavy atom. The van der Waals surface area contributed by atoms with Crippen LogP contribution in [0.1, 0.15) is 12.5 Å². The summed E-state index contributed by atoms with van der Waals surface area (Å²) in [5.74, 6) is -1.16. The number of carbonyl (C=O) groups excluding carboxylic acids is 1. The predicted octanol–water partition coefficient (Wildman–Crippen LogP) is 3.01. The van der Waals surface area contributed by atoms with Crippen molar-refractivity contribution in [3.05, 3.63) is 54.1 Å². The van der Waals surface area contributed by atoms with Crippen molar-refractivity contribution < 1.29 is 14.7 Å². The standard InChI is InChI=1S/C17H18N4O3/c1-11(22)19-13-6-8-15(9-7-13)21-20-14-4-2-12(3-5-14)10-16(18)17(23)24/h2-9,16H,10,18H2,1H3,(H,19,22)(H,23,24). The molecule has 7 heteroatoms. The number of aliphatic carboxylic acids is 1. The maximum Gasteiger partial charge on any atom is 0.320 e. The van der Waals surface area contributed by atoms with Gasteiger partial charge in [0.05, 0.1) is 11.4 Å². The fourth-order valence-electron chi connectivity index (χ4n) is 1.97. The summed E-state index contributed by atoms with van der Waals surface area (Å²) < 4.78 is 0. The molecule has 4 N–H and O–H groups in total. The normalized spacial score (nSPS) is 12.1. The largest absolute Gasteiger partial charge is 0.480 e. The Labute approximate surface area is 139 Å². The van der Waals surface area contributed by atoms with Gasteiger partial charge in [-0.3, -0.25) is 9.59 Å². The van der Waals surface area contributed by atoms with E-state index in [-0.39, 0.29) is 12.3 Å². The molecule has 2 aromatic carbocycles. The van der Waals surface area contributed by atoms with Crippen LogP contribution >= 0.6 is 0 Å². The van der Waals surface area contributed by atoms with Crippen LogP contribution in [0.3, 0.4) is 0 Å². The number of azo groups is 1. The molecule has 0 saturated carbocycles. The zero-order valence-corrected chi connectivity index (χ0v) is 13.1. The summed E-state index contributed by atoms with van der Waals surface area (Å²) in [5.41, 5.74) is 8.31. The SMILES string of the molecule is CC(=O)Nc1ccc(N=Nc2ccc(CC(N)C(=O)O)cc2)cc1. The second-order valence-electron chi connectivity index (χ2n) is 5.24. The molecule has 0 radical (unpaired) electrons. The average molecular weight is 326 g/mol. The Morgan fingerprint density at radius 1 is 1.04 bits per heavy atom. The van der Waals surface area contributed by atoms with Gasteiger partial charge in [-0.2, -0.15) is 10.2 Å². The summed E-state index contributed by atoms with van der Waals surface area (Å²) in [6.45, 7) is 1.45. The fourth-order valence-corrected chi connectivity index (χ4v) is 1.97. The van der Waals surface area contributed by atoms with E-state index in [4.69, 9.17) is 10.8 Å². The summed E-state index contributed by atoms with van der Waals surface area (Å²) in [7, 11) is 0. The lowest BCUT2D eigenvalue weighted by molar-refractivity contribution is -0.138. The first kappa shape index (κ1) is 17.3. The number of hydrogen-bond acceptors (Lipinski definition) is 5. The van der Waals surface area contributed by atoms with Gasteiger partial charge >= 0.3 is 5.97 Å². The number of nitrogens with two attached hydrogens (primary N) is 1. The van der Waals surface area contributed by atoms with Crippen molar-refractivity contribution in [1.82, 2.24) is 0 Å². The van der Waals surface area contributed by atoms with Crippen LogP contribution in [-0.2, 0) is 16.0 Å². The van der Waals surface area contributed by atoms with Crippen molar-refractivity contribution in [2.24, 2.45) is 16.0 Å². The molecule has 1 unspecified atom stereocenters. The van der Waals surface area contributed by atoms with Crippen LogP contribution in [0.5, 0.6) is 0 Å². The number of nitrogens with one attached hydrogen (secondary N) is 1. The predicted molar refractivity (Wildman–Crippen MR) is 90.7 cm³/mol. The molecule has 1 amide bonds. The molecule has 0 bridgehead atoms. The van der Waals surface area contributed by atoms with Crippen LogP contribution in [-0.4, -0.2) is 23.0 Å². The summed E-state index contributed by atoms with van der Waals surface area (Å²) in [4.78, 5) is 21.7. The van der Waals surface area contributed by atoms with Crippen LogP contribution in [0, 0.1) is 0 Å². The number of benzene rings is 2. The van der Waals surface area contributed by atoms with Crippen LogP contribution in [0.25, 0.3) is 0 Å². The highest BCUT2D eigenvalue weighted by molar-refractivity contribution is 5.88. The minimum Gasteiger partial charge on any atom is -0.480 e. The van der Waals surface area contributed by atoms with E-state index >= 15 is 0 Å². The third-order valence-corrected chi connectivity index (χ3v) is 3.18. The Hall–Kier alpha value is -3.06. The molecule has 0 aromatic heterocycles. The number of nitrogens with zero attached hydrogens (tertiary/aromatic N) is 2. The molecule has 0 heterocycles. The minimum atomic E-state index is -1.03. The van der Waals surface area contributed by atoms with Crippen molar-refractivity contribution in [3.8, 4) is 0 Å². The first-order chi connectivity index (χ1) is 11.4. The molecule has 0 saturated heterocycles. The van der Waals surface area contributed by atoms with E-state index in [0.29, 0.717) is 17.1 Å². The zero-order chi connectivity index (χ0) is 17.5. The number of carboxylic acids is 1. The van der Waals surface area contributed by atoms with Gasteiger partial charge in [-0.05, 0) is 48.4 Å². The number of rotatable bonds is 6. The number of carboxylic acid groups (broad SMARTS) is 1. The van der Waals surface area contributed by atoms with Crippen molar-refractivity contribution in [2.75, 3.05) is 5.32 Å². The van der Waals surface area contributed by atoms with Gasteiger partial charge in [0.1, 0.15) is 6.04 Å². The van der Waals surface area contributed by atoms with Crippen LogP contribution in [0.4, 0.5) is 17.1 Å². The monoisotopic (exact) mass is 326 g/mol. The smallest absolute Gasteiger partial charge is 0.320 e. The maximum absolute atomic E-state index is 10.9. The van der Waals surface area contributed by atoms with Crippen molar-refractivity contribution >= 4 is 28.9 Å². The van der Waals surface area contributed by atoms with E-state index in [2.05, 4.69) is 15.5 Å². The lowest BCUT2D eigenvalue weighted by Crippen LogP contribution is -2.32. The van der Waals surface area contributed by atoms with Crippen LogP contribution in [0.15, 0.2) is 58.8 Å². The Bertz CT molecular complexity index is 739. The number of hydrogen-bond donors (Lipinski definition) is 3. The topological polar surface area (TPSA) is 117 Å². The Kier molecular flexibility index (Phi) is 5.75. The highest BCUT2D eigenvalue weighted by atomic mass is 16.4. The molecular formula is C17H18N4O3. The molecule has 2 aromatic rings. The molecule has 0 fully saturated rings. The van der Waals surface area contributed by atoms with E-state index in [9.17, 15) is 9.59 Å². The lowest BCUT2D eigenvalue weighted by Gasteiger charge is -2.06. The zero-order valence-electron chi connectivity index (χ0n) is 13.1. The van der Waals surface area contributed by atoms with Gasteiger partial charge < -0.3 is 16.2 Å². The molecule has 0 spiro atoms. The van der Waals surface area contributed by atoms with Gasteiger partial charge in [-0.15, -0.1) is 0 Å². The van der Waals surface area contributed by atoms with Gasteiger partial charge in [0.15, 0.2) is 0 Å². The highest BCUT2D eigenvalue weighted by Crippen LogP contribution is 2.21. The summed E-state index contributed by atoms with van der Waals surface area (Å²) >= 11 is 0. The molecular weight excluding hydrogens is 308 g/mol. The molecule has 0 aliphatic carbocycles. The molecule has 1 atom stereocenters. The summed E-state index contributed by atoms with van der Waals surface area (Å²) in [6.07, 6.45) is 0.261. The number of amides is 1. The molecule has 124 valence electrons. The molecule has 2 rings (SSSR count). The second kappa shape index (κ2) is 7.98. The van der Waals surface area contributed by atoms with Crippen molar-refractivity contribution in [3.63, 3.8) is 0 Å². The van der Waals surface area contributed by atoms with Gasteiger partial charge in [-0.25, -0.2) is 0 Å². The first-order valence-electron chi connectivity index (χ1n) is 7.31. The minimum absolute atomic E-state index is 0.132. The van der Waals surface area contributed by atoms with Crippen LogP contribution < -0.4 is 11.1 Å². The van der Waals surface area contributed by atoms with Gasteiger partial charge in [-0.1, -0.05) is 12.1 Å². The van der Waals surface area contributed by atoms with E-state index in [0.717, 1.165) is 5.56 Å². The van der Waals surface area contributed by atoms with Crippen molar-refractivity contribution in [1.29, 1.82) is 0 Å². The Balaban J connectivity index is 1.98. The quantitative estimate of drug-likeness (QED) is 0.707. The van der Waals surface area contributed by atoms with Crippen LogP contribution in [0.2, 0.25) is 0 Å². The van der Waals surface area contributed by atoms with E-state index in [1.54, 1.807) is 48.5 Å². The van der Waals surface area contributed by atoms with E-state index in [1.807, 2.05) is 0 Å². The third kappa shape index (κ3) is 5.29. The van der Waals surface area contributed by atoms with Gasteiger partial charge in [0.2, 0.25) is 5.91 Å². The van der Waals surface area contributed by atoms with Gasteiger partial charge in [0, 0.05) is 12.6 Å². The van der Waals surface area contributed by atoms with E-state index in [1.165, 1.54) is 6.92 Å². The third-order valence-electron chi connectivity index (χ3n) is 3.18. The molecule has 24 heavy (non-hydrogen) atoms. The molecule has 0 aliphatic rings. The van der Waals surface area contributed by atoms with E-state index < -0.39 is 12.0 Å². The average Bonchev–Trinajstić information content (AvgIpc) is 2.55. The lowest BCUT2D eigenvalue weighted by atomic mass is 10.1. The fraction of sp³-hybridized carbons (Fsp3) is 0.176. The first-order valence-corrected chi connectivity index (χ1v) is 7.31.